The van der Waals surface area contributed by atoms with Crippen molar-refractivity contribution in [3.8, 4) is 0 Å². The van der Waals surface area contributed by atoms with Gasteiger partial charge in [-0.25, -0.2) is 9.78 Å². The molecule has 1 spiro atoms. The Morgan fingerprint density at radius 1 is 1.36 bits per heavy atom. The van der Waals surface area contributed by atoms with E-state index < -0.39 is 17.5 Å². The lowest BCUT2D eigenvalue weighted by Crippen LogP contribution is -2.59. The van der Waals surface area contributed by atoms with Crippen molar-refractivity contribution in [1.29, 1.82) is 0 Å². The van der Waals surface area contributed by atoms with Crippen LogP contribution >= 0.6 is 0 Å². The van der Waals surface area contributed by atoms with E-state index in [0.29, 0.717) is 30.4 Å². The van der Waals surface area contributed by atoms with Gasteiger partial charge in [-0.05, 0) is 37.5 Å². The molecular formula is C17H22F3N3O2. The number of halogens is 3. The Hall–Kier alpha value is -1.73. The van der Waals surface area contributed by atoms with Crippen LogP contribution in [0.25, 0.3) is 0 Å². The molecule has 5 nitrogen and oxygen atoms in total. The zero-order valence-electron chi connectivity index (χ0n) is 13.9. The van der Waals surface area contributed by atoms with E-state index in [-0.39, 0.29) is 32.1 Å². The van der Waals surface area contributed by atoms with Crippen molar-refractivity contribution in [3.05, 3.63) is 17.8 Å². The van der Waals surface area contributed by atoms with Gasteiger partial charge in [-0.1, -0.05) is 6.42 Å². The molecule has 8 heteroatoms. The standard InChI is InChI=1S/C17H22F3N3O2/c18-17(19,20)13-4-7-23(10-16(13)5-1-6-16)15(24)22-9-12-8-21-14(25-12)11-2-3-11/h8,11,13H,1-7,9-10H2,(H,22,24). The first-order valence-corrected chi connectivity index (χ1v) is 8.91. The molecular weight excluding hydrogens is 335 g/mol. The molecule has 2 saturated carbocycles. The molecule has 1 aromatic rings. The number of rotatable bonds is 3. The summed E-state index contributed by atoms with van der Waals surface area (Å²) in [5.41, 5.74) is -0.779. The lowest BCUT2D eigenvalue weighted by atomic mass is 9.58. The summed E-state index contributed by atoms with van der Waals surface area (Å²) in [5, 5.41) is 2.75. The third kappa shape index (κ3) is 3.22. The van der Waals surface area contributed by atoms with Crippen LogP contribution in [-0.2, 0) is 6.54 Å². The molecule has 0 bridgehead atoms. The van der Waals surface area contributed by atoms with E-state index >= 15 is 0 Å². The fraction of sp³-hybridized carbons (Fsp3) is 0.765. The molecule has 25 heavy (non-hydrogen) atoms. The molecule has 0 radical (unpaired) electrons. The molecule has 0 aromatic carbocycles. The second-order valence-electron chi connectivity index (χ2n) is 7.62. The predicted molar refractivity (Wildman–Crippen MR) is 82.7 cm³/mol. The predicted octanol–water partition coefficient (Wildman–Crippen LogP) is 3.82. The number of aromatic nitrogens is 1. The lowest BCUT2D eigenvalue weighted by Gasteiger charge is -2.54. The number of alkyl halides is 3. The Morgan fingerprint density at radius 3 is 2.72 bits per heavy atom. The maximum absolute atomic E-state index is 13.3. The SMILES string of the molecule is O=C(NCc1cnc(C2CC2)o1)N1CCC(C(F)(F)F)C2(CCC2)C1. The van der Waals surface area contributed by atoms with Gasteiger partial charge in [0.05, 0.1) is 18.7 Å². The number of oxazole rings is 1. The highest BCUT2D eigenvalue weighted by Gasteiger charge is 2.58. The van der Waals surface area contributed by atoms with Gasteiger partial charge in [0.15, 0.2) is 5.89 Å². The summed E-state index contributed by atoms with van der Waals surface area (Å²) in [6.07, 6.45) is 1.50. The molecule has 4 rings (SSSR count). The van der Waals surface area contributed by atoms with Gasteiger partial charge < -0.3 is 14.6 Å². The fourth-order valence-corrected chi connectivity index (χ4v) is 4.18. The van der Waals surface area contributed by atoms with Crippen LogP contribution < -0.4 is 5.32 Å². The third-order valence-corrected chi connectivity index (χ3v) is 5.88. The maximum Gasteiger partial charge on any atom is 0.392 e. The van der Waals surface area contributed by atoms with Gasteiger partial charge in [-0.2, -0.15) is 13.2 Å². The van der Waals surface area contributed by atoms with Crippen LogP contribution in [0, 0.1) is 11.3 Å². The highest BCUT2D eigenvalue weighted by molar-refractivity contribution is 5.74. The van der Waals surface area contributed by atoms with Crippen LogP contribution in [0.1, 0.15) is 56.1 Å². The van der Waals surface area contributed by atoms with Crippen LogP contribution in [0.4, 0.5) is 18.0 Å². The third-order valence-electron chi connectivity index (χ3n) is 5.88. The van der Waals surface area contributed by atoms with Crippen LogP contribution in [0.5, 0.6) is 0 Å². The summed E-state index contributed by atoms with van der Waals surface area (Å²) in [5.74, 6) is 0.417. The van der Waals surface area contributed by atoms with Crippen molar-refractivity contribution in [2.75, 3.05) is 13.1 Å². The van der Waals surface area contributed by atoms with E-state index in [1.54, 1.807) is 6.20 Å². The van der Waals surface area contributed by atoms with E-state index in [9.17, 15) is 18.0 Å². The van der Waals surface area contributed by atoms with Crippen molar-refractivity contribution in [2.45, 2.75) is 57.2 Å². The number of nitrogens with zero attached hydrogens (tertiary/aromatic N) is 2. The van der Waals surface area contributed by atoms with Crippen molar-refractivity contribution < 1.29 is 22.4 Å². The quantitative estimate of drug-likeness (QED) is 0.895. The molecule has 3 fully saturated rings. The fourth-order valence-electron chi connectivity index (χ4n) is 4.18. The van der Waals surface area contributed by atoms with Crippen LogP contribution in [0.2, 0.25) is 0 Å². The monoisotopic (exact) mass is 357 g/mol. The molecule has 2 aliphatic carbocycles. The van der Waals surface area contributed by atoms with Gasteiger partial charge in [0, 0.05) is 19.0 Å². The van der Waals surface area contributed by atoms with Gasteiger partial charge in [0.25, 0.3) is 0 Å². The van der Waals surface area contributed by atoms with E-state index in [1.165, 1.54) is 4.90 Å². The average molecular weight is 357 g/mol. The number of hydrogen-bond donors (Lipinski definition) is 1. The van der Waals surface area contributed by atoms with Crippen LogP contribution in [-0.4, -0.2) is 35.2 Å². The second kappa shape index (κ2) is 5.92. The van der Waals surface area contributed by atoms with E-state index in [1.807, 2.05) is 0 Å². The lowest BCUT2D eigenvalue weighted by molar-refractivity contribution is -0.235. The van der Waals surface area contributed by atoms with E-state index in [4.69, 9.17) is 4.42 Å². The summed E-state index contributed by atoms with van der Waals surface area (Å²) < 4.78 is 45.5. The summed E-state index contributed by atoms with van der Waals surface area (Å²) in [6, 6.07) is -0.323. The number of hydrogen-bond acceptors (Lipinski definition) is 3. The molecule has 2 amide bonds. The van der Waals surface area contributed by atoms with Crippen LogP contribution in [0.3, 0.4) is 0 Å². The van der Waals surface area contributed by atoms with Gasteiger partial charge in [-0.15, -0.1) is 0 Å². The van der Waals surface area contributed by atoms with Crippen molar-refractivity contribution in [1.82, 2.24) is 15.2 Å². The number of carbonyl (C=O) groups excluding carboxylic acids is 1. The van der Waals surface area contributed by atoms with Crippen molar-refractivity contribution in [3.63, 3.8) is 0 Å². The largest absolute Gasteiger partial charge is 0.444 e. The van der Waals surface area contributed by atoms with Crippen molar-refractivity contribution >= 4 is 6.03 Å². The number of carbonyl (C=O) groups is 1. The number of nitrogens with one attached hydrogen (secondary N) is 1. The Balaban J connectivity index is 1.34. The zero-order chi connectivity index (χ0) is 17.7. The summed E-state index contributed by atoms with van der Waals surface area (Å²) >= 11 is 0. The number of urea groups is 1. The molecule has 1 N–H and O–H groups in total. The first-order valence-electron chi connectivity index (χ1n) is 8.91. The molecule has 1 aliphatic heterocycles. The minimum Gasteiger partial charge on any atom is -0.444 e. The first kappa shape index (κ1) is 16.7. The van der Waals surface area contributed by atoms with Crippen LogP contribution in [0.15, 0.2) is 10.6 Å². The Kier molecular flexibility index (Phi) is 3.96. The van der Waals surface area contributed by atoms with Gasteiger partial charge in [0.2, 0.25) is 0 Å². The maximum atomic E-state index is 13.3. The van der Waals surface area contributed by atoms with Gasteiger partial charge >= 0.3 is 12.2 Å². The molecule has 1 atom stereocenters. The summed E-state index contributed by atoms with van der Waals surface area (Å²) in [4.78, 5) is 18.1. The highest BCUT2D eigenvalue weighted by atomic mass is 19.4. The van der Waals surface area contributed by atoms with Crippen molar-refractivity contribution in [2.24, 2.45) is 11.3 Å². The van der Waals surface area contributed by atoms with E-state index in [0.717, 1.165) is 19.3 Å². The Morgan fingerprint density at radius 2 is 2.12 bits per heavy atom. The molecule has 1 saturated heterocycles. The minimum atomic E-state index is -4.18. The van der Waals surface area contributed by atoms with Gasteiger partial charge in [-0.3, -0.25) is 0 Å². The normalized spacial score (nSPS) is 25.7. The highest BCUT2D eigenvalue weighted by Crippen LogP contribution is 2.56. The van der Waals surface area contributed by atoms with E-state index in [2.05, 4.69) is 10.3 Å². The number of likely N-dealkylation sites (tertiary alicyclic amines) is 1. The molecule has 1 aromatic heterocycles. The zero-order valence-corrected chi connectivity index (χ0v) is 13.9. The Labute approximate surface area is 144 Å². The number of piperidine rings is 1. The summed E-state index contributed by atoms with van der Waals surface area (Å²) in [7, 11) is 0. The summed E-state index contributed by atoms with van der Waals surface area (Å²) in [6.45, 7) is 0.541. The topological polar surface area (TPSA) is 58.4 Å². The molecule has 1 unspecified atom stereocenters. The van der Waals surface area contributed by atoms with Gasteiger partial charge in [0.1, 0.15) is 5.76 Å². The second-order valence-corrected chi connectivity index (χ2v) is 7.62. The Bertz CT molecular complexity index is 650. The average Bonchev–Trinajstić information content (AvgIpc) is 3.28. The molecule has 2 heterocycles. The minimum absolute atomic E-state index is 0.00887. The smallest absolute Gasteiger partial charge is 0.392 e. The first-order chi connectivity index (χ1) is 11.9. The number of amides is 2. The molecule has 138 valence electrons. The molecule has 3 aliphatic rings.